The van der Waals surface area contributed by atoms with Gasteiger partial charge < -0.3 is 59.3 Å². The summed E-state index contributed by atoms with van der Waals surface area (Å²) in [6.45, 7) is 4.23. The van der Waals surface area contributed by atoms with E-state index < -0.39 is 72.3 Å². The number of carbonyl (C=O) groups is 6. The highest BCUT2D eigenvalue weighted by Gasteiger charge is 2.31. The number of rotatable bonds is 26. The number of unbranched alkanes of at least 4 members (excludes halogenated alkanes) is 1. The van der Waals surface area contributed by atoms with E-state index in [-0.39, 0.29) is 62.2 Å². The molecule has 3 aromatic rings. The first-order valence-corrected chi connectivity index (χ1v) is 20.8. The Balaban J connectivity index is 1.87. The van der Waals surface area contributed by atoms with Crippen LogP contribution in [0.15, 0.2) is 71.7 Å². The number of carboxylic acids is 1. The predicted molar refractivity (Wildman–Crippen MR) is 237 cm³/mol. The van der Waals surface area contributed by atoms with E-state index in [1.165, 1.54) is 12.1 Å². The zero-order chi connectivity index (χ0) is 44.9. The van der Waals surface area contributed by atoms with Crippen LogP contribution in [0.2, 0.25) is 0 Å². The lowest BCUT2D eigenvalue weighted by Gasteiger charge is -2.26. The van der Waals surface area contributed by atoms with Gasteiger partial charge in [0.2, 0.25) is 29.5 Å². The molecule has 0 aromatic heterocycles. The first-order valence-electron chi connectivity index (χ1n) is 20.2. The van der Waals surface area contributed by atoms with Crippen molar-refractivity contribution in [2.24, 2.45) is 22.2 Å². The van der Waals surface area contributed by atoms with E-state index in [0.717, 1.165) is 10.8 Å². The van der Waals surface area contributed by atoms with Crippen molar-refractivity contribution in [1.82, 2.24) is 31.9 Å². The number of carboxylic acid groups (broad SMARTS) is 1. The lowest BCUT2D eigenvalue weighted by atomic mass is 10.00. The first-order chi connectivity index (χ1) is 29.1. The van der Waals surface area contributed by atoms with Gasteiger partial charge in [0.25, 0.3) is 0 Å². The van der Waals surface area contributed by atoms with Crippen LogP contribution >= 0.6 is 12.6 Å². The fraction of sp³-hybridized carbons (Fsp3) is 0.452. The number of fused-ring (bicyclic) bond motifs is 1. The van der Waals surface area contributed by atoms with E-state index in [9.17, 15) is 39.0 Å². The molecule has 0 aliphatic carbocycles. The number of hydrogen-bond donors (Lipinski definition) is 12. The van der Waals surface area contributed by atoms with Crippen molar-refractivity contribution in [2.75, 3.05) is 25.4 Å². The van der Waals surface area contributed by atoms with Gasteiger partial charge in [-0.1, -0.05) is 68.4 Å². The van der Waals surface area contributed by atoms with Crippen LogP contribution in [0.1, 0.15) is 57.1 Å². The Morgan fingerprint density at radius 3 is 1.93 bits per heavy atom. The summed E-state index contributed by atoms with van der Waals surface area (Å²) in [6.07, 6.45) is 1.83. The minimum Gasteiger partial charge on any atom is -0.508 e. The van der Waals surface area contributed by atoms with Gasteiger partial charge >= 0.3 is 5.97 Å². The third-order valence-corrected chi connectivity index (χ3v) is 9.90. The Labute approximate surface area is 361 Å². The number of benzene rings is 3. The molecule has 0 saturated carbocycles. The van der Waals surface area contributed by atoms with E-state index in [2.05, 4.69) is 49.5 Å². The van der Waals surface area contributed by atoms with Crippen LogP contribution in [0.4, 0.5) is 0 Å². The number of guanidine groups is 1. The second-order valence-electron chi connectivity index (χ2n) is 15.0. The maximum atomic E-state index is 14.2. The Morgan fingerprint density at radius 1 is 0.705 bits per heavy atom. The van der Waals surface area contributed by atoms with Crippen LogP contribution in [-0.2, 0) is 41.6 Å². The van der Waals surface area contributed by atoms with Gasteiger partial charge in [-0.25, -0.2) is 4.79 Å². The zero-order valence-corrected chi connectivity index (χ0v) is 35.5. The number of amides is 5. The minimum absolute atomic E-state index is 0.0188. The third-order valence-electron chi connectivity index (χ3n) is 9.54. The molecule has 3 rings (SSSR count). The van der Waals surface area contributed by atoms with Gasteiger partial charge in [0.05, 0.1) is 12.6 Å². The summed E-state index contributed by atoms with van der Waals surface area (Å²) < 4.78 is 0. The SMILES string of the molecule is CC(C)NCCCC[C@H](NC(=O)[C@@H](N)Cc1ccc(O)cc1)C(=O)N[C@H](CCCN=C(N)N)C(=O)N[C@@H](Cc1ccc2ccccc2c1)C(=O)NCC(=O)N[C@H](CS)C(=O)O. The maximum Gasteiger partial charge on any atom is 0.327 e. The largest absolute Gasteiger partial charge is 0.508 e. The average molecular weight is 865 g/mol. The van der Waals surface area contributed by atoms with Crippen molar-refractivity contribution in [3.8, 4) is 5.75 Å². The summed E-state index contributed by atoms with van der Waals surface area (Å²) in [4.78, 5) is 83.4. The molecule has 0 saturated heterocycles. The second-order valence-corrected chi connectivity index (χ2v) is 15.3. The number of hydrogen-bond acceptors (Lipinski definition) is 11. The van der Waals surface area contributed by atoms with Crippen molar-refractivity contribution < 1.29 is 39.0 Å². The van der Waals surface area contributed by atoms with Gasteiger partial charge in [-0.3, -0.25) is 29.0 Å². The van der Waals surface area contributed by atoms with Crippen molar-refractivity contribution in [2.45, 2.75) is 95.0 Å². The van der Waals surface area contributed by atoms with Crippen LogP contribution in [0, 0.1) is 0 Å². The average Bonchev–Trinajstić information content (AvgIpc) is 3.22. The number of nitrogens with two attached hydrogens (primary N) is 3. The van der Waals surface area contributed by atoms with Gasteiger partial charge in [0.1, 0.15) is 29.9 Å². The number of aromatic hydroxyl groups is 1. The molecule has 19 heteroatoms. The van der Waals surface area contributed by atoms with E-state index in [0.29, 0.717) is 30.5 Å². The first kappa shape index (κ1) is 49.4. The molecule has 5 amide bonds. The molecule has 0 radical (unpaired) electrons. The van der Waals surface area contributed by atoms with Crippen LogP contribution in [0.5, 0.6) is 5.75 Å². The molecule has 0 aliphatic rings. The van der Waals surface area contributed by atoms with E-state index in [1.54, 1.807) is 18.2 Å². The van der Waals surface area contributed by atoms with Crippen molar-refractivity contribution >= 4 is 64.9 Å². The summed E-state index contributed by atoms with van der Waals surface area (Å²) in [5, 5.41) is 37.1. The number of phenolic OH excluding ortho intramolecular Hbond substituents is 1. The second kappa shape index (κ2) is 25.6. The lowest BCUT2D eigenvalue weighted by Crippen LogP contribution is -2.58. The van der Waals surface area contributed by atoms with Gasteiger partial charge in [0.15, 0.2) is 5.96 Å². The lowest BCUT2D eigenvalue weighted by molar-refractivity contribution is -0.141. The Hall–Kier alpha value is -5.92. The molecule has 0 fully saturated rings. The smallest absolute Gasteiger partial charge is 0.327 e. The number of aliphatic carboxylic acids is 1. The van der Waals surface area contributed by atoms with E-state index in [1.807, 2.05) is 50.2 Å². The molecule has 0 bridgehead atoms. The van der Waals surface area contributed by atoms with Gasteiger partial charge in [0, 0.05) is 24.8 Å². The molecule has 0 unspecified atom stereocenters. The molecule has 0 spiro atoms. The van der Waals surface area contributed by atoms with Crippen LogP contribution in [0.3, 0.4) is 0 Å². The standard InChI is InChI=1S/C42H60N10O8S/c1-25(2)46-18-6-5-10-32(50-37(55)31(43)21-26-13-16-30(53)17-14-26)39(57)51-33(11-7-19-47-42(44)45)40(58)52-34(22-27-12-15-28-8-3-4-9-29(28)20-27)38(56)48-23-36(54)49-35(24-61)41(59)60/h3-4,8-9,12-17,20,25,31-35,46,53,61H,5-7,10-11,18-19,21-24,43H2,1-2H3,(H,48,56)(H,49,54)(H,50,55)(H,51,57)(H,52,58)(H,59,60)(H4,44,45,47)/t31-,32-,33+,34-,35+/m0/s1. The highest BCUT2D eigenvalue weighted by atomic mass is 32.1. The van der Waals surface area contributed by atoms with Crippen LogP contribution < -0.4 is 49.1 Å². The summed E-state index contributed by atoms with van der Waals surface area (Å²) >= 11 is 3.95. The summed E-state index contributed by atoms with van der Waals surface area (Å²) in [6, 6.07) is 13.7. The molecule has 18 nitrogen and oxygen atoms in total. The van der Waals surface area contributed by atoms with E-state index in [4.69, 9.17) is 17.2 Å². The van der Waals surface area contributed by atoms with Crippen LogP contribution in [-0.4, -0.2) is 113 Å². The number of thiol groups is 1. The van der Waals surface area contributed by atoms with Gasteiger partial charge in [-0.2, -0.15) is 12.6 Å². The minimum atomic E-state index is -1.30. The molecule has 3 aromatic carbocycles. The quantitative estimate of drug-likeness (QED) is 0.0219. The number of carbonyl (C=O) groups excluding carboxylic acids is 5. The molecule has 0 heterocycles. The molecule has 5 atom stereocenters. The van der Waals surface area contributed by atoms with Crippen LogP contribution in [0.25, 0.3) is 10.8 Å². The maximum absolute atomic E-state index is 14.2. The molecule has 61 heavy (non-hydrogen) atoms. The molecule has 0 aliphatic heterocycles. The fourth-order valence-corrected chi connectivity index (χ4v) is 6.49. The highest BCUT2D eigenvalue weighted by Crippen LogP contribution is 2.17. The summed E-state index contributed by atoms with van der Waals surface area (Å²) in [5.41, 5.74) is 18.7. The Morgan fingerprint density at radius 2 is 1.31 bits per heavy atom. The topological polar surface area (TPSA) is 305 Å². The number of aliphatic imine (C=N–C) groups is 1. The van der Waals surface area contributed by atoms with Gasteiger partial charge in [-0.15, -0.1) is 0 Å². The Bertz CT molecular complexity index is 1960. The zero-order valence-electron chi connectivity index (χ0n) is 34.6. The predicted octanol–water partition coefficient (Wildman–Crippen LogP) is -0.0504. The monoisotopic (exact) mass is 864 g/mol. The summed E-state index contributed by atoms with van der Waals surface area (Å²) in [5.74, 6) is -5.11. The van der Waals surface area contributed by atoms with Crippen molar-refractivity contribution in [3.63, 3.8) is 0 Å². The highest BCUT2D eigenvalue weighted by molar-refractivity contribution is 7.80. The fourth-order valence-electron chi connectivity index (χ4n) is 6.24. The molecular weight excluding hydrogens is 805 g/mol. The van der Waals surface area contributed by atoms with Gasteiger partial charge in [-0.05, 0) is 79.1 Å². The molecular formula is C42H60N10O8S. The normalized spacial score (nSPS) is 13.5. The Kier molecular flexibility index (Phi) is 20.8. The molecule has 14 N–H and O–H groups in total. The number of nitrogens with one attached hydrogen (secondary N) is 6. The van der Waals surface area contributed by atoms with Crippen molar-refractivity contribution in [1.29, 1.82) is 0 Å². The van der Waals surface area contributed by atoms with Crippen molar-refractivity contribution in [3.05, 3.63) is 77.9 Å². The number of nitrogens with zero attached hydrogens (tertiary/aromatic N) is 1. The third kappa shape index (κ3) is 18.1. The summed E-state index contributed by atoms with van der Waals surface area (Å²) in [7, 11) is 0. The molecule has 332 valence electrons. The van der Waals surface area contributed by atoms with E-state index >= 15 is 0 Å². The number of phenols is 1.